The summed E-state index contributed by atoms with van der Waals surface area (Å²) < 4.78 is 0. The van der Waals surface area contributed by atoms with Crippen molar-refractivity contribution in [2.24, 2.45) is 11.8 Å². The van der Waals surface area contributed by atoms with E-state index in [0.29, 0.717) is 12.3 Å². The molecule has 0 aromatic rings. The summed E-state index contributed by atoms with van der Waals surface area (Å²) in [4.78, 5) is 26.0. The van der Waals surface area contributed by atoms with E-state index < -0.39 is 6.04 Å². The van der Waals surface area contributed by atoms with Gasteiger partial charge in [-0.2, -0.15) is 0 Å². The largest absolute Gasteiger partial charge is 0.357 e. The van der Waals surface area contributed by atoms with Gasteiger partial charge in [0.15, 0.2) is 0 Å². The molecule has 2 N–H and O–H groups in total. The second-order valence-corrected chi connectivity index (χ2v) is 5.72. The molecule has 2 atom stereocenters. The van der Waals surface area contributed by atoms with Crippen molar-refractivity contribution in [3.8, 4) is 0 Å². The minimum Gasteiger partial charge on any atom is -0.357 e. The molecule has 0 saturated heterocycles. The van der Waals surface area contributed by atoms with Crippen molar-refractivity contribution >= 4 is 11.8 Å². The van der Waals surface area contributed by atoms with Gasteiger partial charge in [-0.1, -0.05) is 27.7 Å². The average Bonchev–Trinajstić information content (AvgIpc) is 2.34. The second-order valence-electron chi connectivity index (χ2n) is 5.72. The SMILES string of the molecule is CNC(=O)[C@H](CC(C)C)N(C)C(=O)C(NC)C(C)C. The Balaban J connectivity index is 5.01. The van der Waals surface area contributed by atoms with E-state index in [2.05, 4.69) is 10.6 Å². The first-order valence-corrected chi connectivity index (χ1v) is 6.91. The Hall–Kier alpha value is -1.10. The number of likely N-dealkylation sites (N-methyl/N-ethyl adjacent to an activating group) is 3. The maximum atomic E-state index is 12.4. The van der Waals surface area contributed by atoms with Gasteiger partial charge in [-0.3, -0.25) is 9.59 Å². The van der Waals surface area contributed by atoms with E-state index in [1.165, 1.54) is 0 Å². The lowest BCUT2D eigenvalue weighted by Crippen LogP contribution is -2.54. The Morgan fingerprint density at radius 1 is 1.11 bits per heavy atom. The third-order valence-corrected chi connectivity index (χ3v) is 3.30. The van der Waals surface area contributed by atoms with Gasteiger partial charge in [0.05, 0.1) is 6.04 Å². The van der Waals surface area contributed by atoms with Crippen molar-refractivity contribution in [2.75, 3.05) is 21.1 Å². The zero-order valence-corrected chi connectivity index (χ0v) is 13.3. The maximum Gasteiger partial charge on any atom is 0.242 e. The van der Waals surface area contributed by atoms with Crippen LogP contribution in [0.5, 0.6) is 0 Å². The molecule has 19 heavy (non-hydrogen) atoms. The fraction of sp³-hybridized carbons (Fsp3) is 0.857. The van der Waals surface area contributed by atoms with Gasteiger partial charge >= 0.3 is 0 Å². The van der Waals surface area contributed by atoms with Crippen LogP contribution in [0.4, 0.5) is 0 Å². The Labute approximate surface area is 117 Å². The van der Waals surface area contributed by atoms with Crippen LogP contribution in [-0.4, -0.2) is 49.9 Å². The maximum absolute atomic E-state index is 12.4. The summed E-state index contributed by atoms with van der Waals surface area (Å²) >= 11 is 0. The van der Waals surface area contributed by atoms with E-state index in [1.54, 1.807) is 26.0 Å². The predicted octanol–water partition coefficient (Wildman–Crippen LogP) is 0.850. The number of carbonyl (C=O) groups is 2. The van der Waals surface area contributed by atoms with Gasteiger partial charge in [0.1, 0.15) is 6.04 Å². The molecule has 5 nitrogen and oxygen atoms in total. The molecule has 112 valence electrons. The lowest BCUT2D eigenvalue weighted by Gasteiger charge is -2.32. The number of hydrogen-bond donors (Lipinski definition) is 2. The fourth-order valence-corrected chi connectivity index (χ4v) is 2.17. The molecule has 0 rings (SSSR count). The van der Waals surface area contributed by atoms with Crippen molar-refractivity contribution in [1.82, 2.24) is 15.5 Å². The predicted molar refractivity (Wildman–Crippen MR) is 77.8 cm³/mol. The molecular formula is C14H29N3O2. The van der Waals surface area contributed by atoms with Crippen LogP contribution in [0, 0.1) is 11.8 Å². The summed E-state index contributed by atoms with van der Waals surface area (Å²) in [6.45, 7) is 8.08. The molecule has 0 radical (unpaired) electrons. The van der Waals surface area contributed by atoms with E-state index in [4.69, 9.17) is 0 Å². The molecule has 0 spiro atoms. The molecule has 0 bridgehead atoms. The monoisotopic (exact) mass is 271 g/mol. The van der Waals surface area contributed by atoms with E-state index >= 15 is 0 Å². The summed E-state index contributed by atoms with van der Waals surface area (Å²) in [5, 5.41) is 5.66. The normalized spacial score (nSPS) is 14.4. The van der Waals surface area contributed by atoms with Gasteiger partial charge < -0.3 is 15.5 Å². The lowest BCUT2D eigenvalue weighted by molar-refractivity contribution is -0.141. The van der Waals surface area contributed by atoms with Crippen LogP contribution in [-0.2, 0) is 9.59 Å². The van der Waals surface area contributed by atoms with Gasteiger partial charge in [-0.25, -0.2) is 0 Å². The molecule has 0 saturated carbocycles. The van der Waals surface area contributed by atoms with Crippen LogP contribution in [0.15, 0.2) is 0 Å². The number of hydrogen-bond acceptors (Lipinski definition) is 3. The van der Waals surface area contributed by atoms with Gasteiger partial charge in [0, 0.05) is 14.1 Å². The van der Waals surface area contributed by atoms with Gasteiger partial charge in [-0.15, -0.1) is 0 Å². The first-order chi connectivity index (χ1) is 8.76. The molecular weight excluding hydrogens is 242 g/mol. The van der Waals surface area contributed by atoms with Crippen molar-refractivity contribution in [1.29, 1.82) is 0 Å². The van der Waals surface area contributed by atoms with Crippen LogP contribution in [0.2, 0.25) is 0 Å². The Kier molecular flexibility index (Phi) is 7.68. The third-order valence-electron chi connectivity index (χ3n) is 3.30. The average molecular weight is 271 g/mol. The van der Waals surface area contributed by atoms with Crippen LogP contribution in [0.3, 0.4) is 0 Å². The molecule has 5 heteroatoms. The van der Waals surface area contributed by atoms with Crippen molar-refractivity contribution in [3.63, 3.8) is 0 Å². The molecule has 0 fully saturated rings. The summed E-state index contributed by atoms with van der Waals surface area (Å²) in [6, 6.07) is -0.670. The smallest absolute Gasteiger partial charge is 0.242 e. The first-order valence-electron chi connectivity index (χ1n) is 6.91. The van der Waals surface area contributed by atoms with Gasteiger partial charge in [-0.05, 0) is 25.3 Å². The fourth-order valence-electron chi connectivity index (χ4n) is 2.17. The van der Waals surface area contributed by atoms with Crippen molar-refractivity contribution < 1.29 is 9.59 Å². The highest BCUT2D eigenvalue weighted by molar-refractivity contribution is 5.89. The van der Waals surface area contributed by atoms with Crippen LogP contribution in [0.25, 0.3) is 0 Å². The number of amides is 2. The molecule has 0 aliphatic carbocycles. The van der Waals surface area contributed by atoms with Crippen LogP contribution in [0.1, 0.15) is 34.1 Å². The number of nitrogens with one attached hydrogen (secondary N) is 2. The van der Waals surface area contributed by atoms with Crippen LogP contribution >= 0.6 is 0 Å². The Morgan fingerprint density at radius 3 is 1.95 bits per heavy atom. The minimum atomic E-state index is -0.410. The van der Waals surface area contributed by atoms with Gasteiger partial charge in [0.25, 0.3) is 0 Å². The zero-order valence-electron chi connectivity index (χ0n) is 13.3. The molecule has 0 aromatic heterocycles. The van der Waals surface area contributed by atoms with E-state index in [9.17, 15) is 9.59 Å². The molecule has 2 amide bonds. The Bertz CT molecular complexity index is 303. The highest BCUT2D eigenvalue weighted by Crippen LogP contribution is 2.14. The van der Waals surface area contributed by atoms with Gasteiger partial charge in [0.2, 0.25) is 11.8 Å². The standard InChI is InChI=1S/C14H29N3O2/c1-9(2)8-11(13(18)16-6)17(7)14(19)12(15-5)10(3)4/h9-12,15H,8H2,1-7H3,(H,16,18)/t11-,12?/m0/s1. The van der Waals surface area contributed by atoms with E-state index in [1.807, 2.05) is 27.7 Å². The topological polar surface area (TPSA) is 61.4 Å². The Morgan fingerprint density at radius 2 is 1.63 bits per heavy atom. The van der Waals surface area contributed by atoms with E-state index in [-0.39, 0.29) is 23.8 Å². The lowest BCUT2D eigenvalue weighted by atomic mass is 9.98. The molecule has 0 heterocycles. The summed E-state index contributed by atoms with van der Waals surface area (Å²) in [5.74, 6) is 0.392. The van der Waals surface area contributed by atoms with Crippen molar-refractivity contribution in [2.45, 2.75) is 46.2 Å². The second kappa shape index (κ2) is 8.15. The summed E-state index contributed by atoms with van der Waals surface area (Å²) in [7, 11) is 5.08. The summed E-state index contributed by atoms with van der Waals surface area (Å²) in [5.41, 5.74) is 0. The minimum absolute atomic E-state index is 0.0354. The molecule has 0 aliphatic rings. The molecule has 0 aromatic carbocycles. The number of carbonyl (C=O) groups excluding carboxylic acids is 2. The number of nitrogens with zero attached hydrogens (tertiary/aromatic N) is 1. The molecule has 1 unspecified atom stereocenters. The highest BCUT2D eigenvalue weighted by Gasteiger charge is 2.31. The summed E-state index contributed by atoms with van der Waals surface area (Å²) in [6.07, 6.45) is 0.663. The molecule has 0 aliphatic heterocycles. The van der Waals surface area contributed by atoms with E-state index in [0.717, 1.165) is 0 Å². The third kappa shape index (κ3) is 5.19. The quantitative estimate of drug-likeness (QED) is 0.721. The zero-order chi connectivity index (χ0) is 15.2. The number of rotatable bonds is 7. The van der Waals surface area contributed by atoms with Crippen molar-refractivity contribution in [3.05, 3.63) is 0 Å². The highest BCUT2D eigenvalue weighted by atomic mass is 16.2. The van der Waals surface area contributed by atoms with Crippen LogP contribution < -0.4 is 10.6 Å². The first kappa shape index (κ1) is 17.9.